The zero-order chi connectivity index (χ0) is 9.90. The van der Waals surface area contributed by atoms with E-state index < -0.39 is 12.7 Å². The number of rotatable bonds is 5. The fourth-order valence-electron chi connectivity index (χ4n) is 1.28. The Balaban J connectivity index is 2.33. The SMILES string of the molecule is O=CCCN(CC(F)(F)F)C1CC1. The Morgan fingerprint density at radius 3 is 2.38 bits per heavy atom. The van der Waals surface area contributed by atoms with Gasteiger partial charge in [-0.2, -0.15) is 13.2 Å². The highest BCUT2D eigenvalue weighted by atomic mass is 19.4. The molecule has 0 aromatic carbocycles. The monoisotopic (exact) mass is 195 g/mol. The van der Waals surface area contributed by atoms with Crippen LogP contribution in [-0.4, -0.2) is 36.5 Å². The average molecular weight is 195 g/mol. The largest absolute Gasteiger partial charge is 0.401 e. The fraction of sp³-hybridized carbons (Fsp3) is 0.875. The molecular formula is C8H12F3NO. The minimum atomic E-state index is -4.15. The molecule has 1 rings (SSSR count). The maximum Gasteiger partial charge on any atom is 0.401 e. The Kier molecular flexibility index (Phi) is 3.30. The van der Waals surface area contributed by atoms with E-state index in [0.717, 1.165) is 12.8 Å². The number of alkyl halides is 3. The van der Waals surface area contributed by atoms with Gasteiger partial charge in [0.2, 0.25) is 0 Å². The Hall–Kier alpha value is -0.580. The van der Waals surface area contributed by atoms with Crippen LogP contribution in [0.25, 0.3) is 0 Å². The second kappa shape index (κ2) is 4.09. The Morgan fingerprint density at radius 2 is 2.00 bits per heavy atom. The lowest BCUT2D eigenvalue weighted by atomic mass is 10.3. The van der Waals surface area contributed by atoms with Crippen LogP contribution in [0.2, 0.25) is 0 Å². The number of nitrogens with zero attached hydrogens (tertiary/aromatic N) is 1. The first kappa shape index (κ1) is 10.5. The lowest BCUT2D eigenvalue weighted by Crippen LogP contribution is -2.36. The summed E-state index contributed by atoms with van der Waals surface area (Å²) in [7, 11) is 0. The highest BCUT2D eigenvalue weighted by molar-refractivity contribution is 5.49. The van der Waals surface area contributed by atoms with Gasteiger partial charge in [0, 0.05) is 19.0 Å². The summed E-state index contributed by atoms with van der Waals surface area (Å²) in [5, 5.41) is 0. The highest BCUT2D eigenvalue weighted by Gasteiger charge is 2.37. The van der Waals surface area contributed by atoms with E-state index in [9.17, 15) is 18.0 Å². The molecule has 0 saturated heterocycles. The summed E-state index contributed by atoms with van der Waals surface area (Å²) in [5.74, 6) is 0. The van der Waals surface area contributed by atoms with E-state index >= 15 is 0 Å². The molecule has 1 aliphatic carbocycles. The summed E-state index contributed by atoms with van der Waals surface area (Å²) in [5.41, 5.74) is 0. The zero-order valence-corrected chi connectivity index (χ0v) is 7.18. The third-order valence-electron chi connectivity index (χ3n) is 1.98. The standard InChI is InChI=1S/C8H12F3NO/c9-8(10,11)6-12(4-1-5-13)7-2-3-7/h5,7H,1-4,6H2. The highest BCUT2D eigenvalue weighted by Crippen LogP contribution is 2.29. The van der Waals surface area contributed by atoms with Gasteiger partial charge in [-0.15, -0.1) is 0 Å². The molecule has 2 nitrogen and oxygen atoms in total. The summed E-state index contributed by atoms with van der Waals surface area (Å²) in [6, 6.07) is 0.0570. The van der Waals surface area contributed by atoms with Crippen LogP contribution < -0.4 is 0 Å². The first-order valence-electron chi connectivity index (χ1n) is 4.27. The summed E-state index contributed by atoms with van der Waals surface area (Å²) in [6.45, 7) is -0.654. The van der Waals surface area contributed by atoms with Crippen LogP contribution >= 0.6 is 0 Å². The normalized spacial score (nSPS) is 17.8. The Bertz CT molecular complexity index is 177. The number of hydrogen-bond acceptors (Lipinski definition) is 2. The summed E-state index contributed by atoms with van der Waals surface area (Å²) < 4.78 is 36.0. The number of hydrogen-bond donors (Lipinski definition) is 0. The third-order valence-corrected chi connectivity index (χ3v) is 1.98. The van der Waals surface area contributed by atoms with Crippen molar-refractivity contribution in [3.8, 4) is 0 Å². The molecule has 0 N–H and O–H groups in total. The van der Waals surface area contributed by atoms with E-state index in [1.807, 2.05) is 0 Å². The van der Waals surface area contributed by atoms with Crippen molar-refractivity contribution in [3.05, 3.63) is 0 Å². The molecule has 0 heterocycles. The quantitative estimate of drug-likeness (QED) is 0.621. The molecule has 0 amide bonds. The van der Waals surface area contributed by atoms with Gasteiger partial charge >= 0.3 is 6.18 Å². The van der Waals surface area contributed by atoms with Crippen LogP contribution in [0.15, 0.2) is 0 Å². The molecule has 0 bridgehead atoms. The third kappa shape index (κ3) is 4.26. The summed E-state index contributed by atoms with van der Waals surface area (Å²) in [4.78, 5) is 11.4. The van der Waals surface area contributed by atoms with Gasteiger partial charge < -0.3 is 4.79 Å². The van der Waals surface area contributed by atoms with Crippen molar-refractivity contribution in [2.24, 2.45) is 0 Å². The van der Waals surface area contributed by atoms with E-state index in [-0.39, 0.29) is 19.0 Å². The number of carbonyl (C=O) groups is 1. The summed E-state index contributed by atoms with van der Waals surface area (Å²) >= 11 is 0. The van der Waals surface area contributed by atoms with Crippen molar-refractivity contribution in [1.82, 2.24) is 4.90 Å². The molecule has 1 aliphatic rings. The van der Waals surface area contributed by atoms with E-state index in [0.29, 0.717) is 6.29 Å². The van der Waals surface area contributed by atoms with E-state index in [2.05, 4.69) is 0 Å². The molecule has 13 heavy (non-hydrogen) atoms. The van der Waals surface area contributed by atoms with Gasteiger partial charge in [-0.1, -0.05) is 0 Å². The van der Waals surface area contributed by atoms with Crippen molar-refractivity contribution >= 4 is 6.29 Å². The molecule has 0 aromatic rings. The molecule has 5 heteroatoms. The van der Waals surface area contributed by atoms with Crippen molar-refractivity contribution < 1.29 is 18.0 Å². The van der Waals surface area contributed by atoms with Crippen LogP contribution in [0, 0.1) is 0 Å². The van der Waals surface area contributed by atoms with Gasteiger partial charge in [-0.3, -0.25) is 4.90 Å². The van der Waals surface area contributed by atoms with Gasteiger partial charge in [-0.05, 0) is 12.8 Å². The van der Waals surface area contributed by atoms with Crippen LogP contribution in [0.4, 0.5) is 13.2 Å². The van der Waals surface area contributed by atoms with Gasteiger partial charge in [0.15, 0.2) is 0 Å². The molecule has 0 spiro atoms. The lowest BCUT2D eigenvalue weighted by molar-refractivity contribution is -0.147. The number of aldehydes is 1. The topological polar surface area (TPSA) is 20.3 Å². The first-order chi connectivity index (χ1) is 6.03. The second-order valence-corrected chi connectivity index (χ2v) is 3.27. The van der Waals surface area contributed by atoms with E-state index in [1.54, 1.807) is 0 Å². The van der Waals surface area contributed by atoms with Gasteiger partial charge in [0.25, 0.3) is 0 Å². The van der Waals surface area contributed by atoms with E-state index in [1.165, 1.54) is 4.90 Å². The second-order valence-electron chi connectivity index (χ2n) is 3.27. The maximum atomic E-state index is 12.0. The molecule has 1 fully saturated rings. The Morgan fingerprint density at radius 1 is 1.38 bits per heavy atom. The first-order valence-corrected chi connectivity index (χ1v) is 4.27. The molecule has 1 saturated carbocycles. The molecule has 0 radical (unpaired) electrons. The predicted molar refractivity (Wildman–Crippen MR) is 41.3 cm³/mol. The molecule has 0 aromatic heterocycles. The molecule has 0 atom stereocenters. The molecule has 76 valence electrons. The van der Waals surface area contributed by atoms with Gasteiger partial charge in [0.05, 0.1) is 6.54 Å². The van der Waals surface area contributed by atoms with Crippen LogP contribution in [-0.2, 0) is 4.79 Å². The van der Waals surface area contributed by atoms with Crippen molar-refractivity contribution in [1.29, 1.82) is 0 Å². The zero-order valence-electron chi connectivity index (χ0n) is 7.18. The van der Waals surface area contributed by atoms with E-state index in [4.69, 9.17) is 0 Å². The van der Waals surface area contributed by atoms with Gasteiger partial charge in [0.1, 0.15) is 6.29 Å². The van der Waals surface area contributed by atoms with Crippen molar-refractivity contribution in [2.45, 2.75) is 31.5 Å². The Labute approximate surface area is 74.7 Å². The number of halogens is 3. The molecule has 0 unspecified atom stereocenters. The fourth-order valence-corrected chi connectivity index (χ4v) is 1.28. The average Bonchev–Trinajstić information content (AvgIpc) is 2.77. The lowest BCUT2D eigenvalue weighted by Gasteiger charge is -2.22. The number of carbonyl (C=O) groups excluding carboxylic acids is 1. The molecular weight excluding hydrogens is 183 g/mol. The van der Waals surface area contributed by atoms with Crippen LogP contribution in [0.5, 0.6) is 0 Å². The minimum Gasteiger partial charge on any atom is -0.303 e. The van der Waals surface area contributed by atoms with Crippen LogP contribution in [0.1, 0.15) is 19.3 Å². The van der Waals surface area contributed by atoms with Crippen molar-refractivity contribution in [3.63, 3.8) is 0 Å². The van der Waals surface area contributed by atoms with Crippen LogP contribution in [0.3, 0.4) is 0 Å². The van der Waals surface area contributed by atoms with Gasteiger partial charge in [-0.25, -0.2) is 0 Å². The summed E-state index contributed by atoms with van der Waals surface area (Å²) in [6.07, 6.45) is -1.65. The van der Waals surface area contributed by atoms with Crippen molar-refractivity contribution in [2.75, 3.05) is 13.1 Å². The smallest absolute Gasteiger partial charge is 0.303 e. The minimum absolute atomic E-state index is 0.0570. The predicted octanol–water partition coefficient (Wildman–Crippen LogP) is 1.60. The molecule has 0 aliphatic heterocycles. The maximum absolute atomic E-state index is 12.0.